The SMILES string of the molecule is COc1cccc(N(Cc2ccc(C(=O)O)c([C@@H](Cc3c(Cl)c[n+]([O-])cc3Cl)c3ccc(OC)c(OC)c3)c2)C(=O)O[C@H]2CN3CCC2CC3)c1. The monoisotopic (exact) mass is 735 g/mol. The number of halogens is 2. The van der Waals surface area contributed by atoms with Gasteiger partial charge in [0, 0.05) is 24.1 Å². The Morgan fingerprint density at radius 2 is 1.69 bits per heavy atom. The number of methoxy groups -OCH3 is 3. The van der Waals surface area contributed by atoms with E-state index >= 15 is 0 Å². The maximum absolute atomic E-state index is 14.0. The third kappa shape index (κ3) is 7.96. The van der Waals surface area contributed by atoms with Gasteiger partial charge in [-0.05, 0) is 85.3 Å². The van der Waals surface area contributed by atoms with E-state index in [1.807, 2.05) is 6.07 Å². The molecule has 1 N–H and O–H groups in total. The number of rotatable bonds is 12. The number of fused-ring (bicyclic) bond motifs is 3. The van der Waals surface area contributed by atoms with E-state index < -0.39 is 18.0 Å². The van der Waals surface area contributed by atoms with Gasteiger partial charge >= 0.3 is 12.1 Å². The first-order valence-corrected chi connectivity index (χ1v) is 17.3. The lowest BCUT2D eigenvalue weighted by Crippen LogP contribution is -2.53. The summed E-state index contributed by atoms with van der Waals surface area (Å²) in [5, 5.41) is 22.8. The van der Waals surface area contributed by atoms with Crippen molar-refractivity contribution in [3.8, 4) is 17.2 Å². The summed E-state index contributed by atoms with van der Waals surface area (Å²) >= 11 is 13.1. The fourth-order valence-electron chi connectivity index (χ4n) is 7.06. The lowest BCUT2D eigenvalue weighted by Gasteiger charge is -2.44. The summed E-state index contributed by atoms with van der Waals surface area (Å²) in [6.45, 7) is 2.79. The third-order valence-corrected chi connectivity index (χ3v) is 10.4. The molecular weight excluding hydrogens is 697 g/mol. The fourth-order valence-corrected chi connectivity index (χ4v) is 7.66. The Labute approximate surface area is 306 Å². The van der Waals surface area contributed by atoms with Crippen LogP contribution in [0.15, 0.2) is 73.1 Å². The second-order valence-electron chi connectivity index (χ2n) is 12.7. The molecule has 3 aliphatic rings. The van der Waals surface area contributed by atoms with Crippen molar-refractivity contribution in [2.75, 3.05) is 45.9 Å². The van der Waals surface area contributed by atoms with Crippen LogP contribution in [-0.4, -0.2) is 69.1 Å². The number of hydrogen-bond acceptors (Lipinski definition) is 8. The van der Waals surface area contributed by atoms with Crippen molar-refractivity contribution >= 4 is 41.0 Å². The molecule has 2 atom stereocenters. The van der Waals surface area contributed by atoms with Gasteiger partial charge in [0.25, 0.3) is 0 Å². The Hall–Kier alpha value is -4.71. The number of nitrogens with zero attached hydrogens (tertiary/aromatic N) is 3. The highest BCUT2D eigenvalue weighted by Gasteiger charge is 2.37. The zero-order valence-electron chi connectivity index (χ0n) is 28.5. The van der Waals surface area contributed by atoms with Gasteiger partial charge in [0.05, 0.1) is 39.1 Å². The Kier molecular flexibility index (Phi) is 11.1. The molecule has 2 bridgehead atoms. The maximum Gasteiger partial charge on any atom is 0.414 e. The summed E-state index contributed by atoms with van der Waals surface area (Å²) in [4.78, 5) is 30.7. The standard InChI is InChI=1S/C38H39Cl2N3O8/c1-48-27-6-4-5-26(17-27)43(38(46)51-36-22-41-13-11-24(36)12-14-41)19-23-7-9-28(37(44)45)30(15-23)29(18-31-32(39)20-42(47)21-33(31)40)25-8-10-34(49-2)35(16-25)50-3/h4-10,15-17,20-21,24,29,36H,11-14,18-19,22H2,1-3H3,(H,44,45)/t29-,36-/m0/s1. The number of pyridine rings is 1. The number of carbonyl (C=O) groups excluding carboxylic acids is 1. The fraction of sp³-hybridized carbons (Fsp3) is 0.342. The highest BCUT2D eigenvalue weighted by molar-refractivity contribution is 6.35. The highest BCUT2D eigenvalue weighted by atomic mass is 35.5. The van der Waals surface area contributed by atoms with Crippen LogP contribution in [0.25, 0.3) is 0 Å². The molecule has 0 radical (unpaired) electrons. The second-order valence-corrected chi connectivity index (χ2v) is 13.6. The molecule has 0 spiro atoms. The van der Waals surface area contributed by atoms with E-state index in [0.29, 0.717) is 62.4 Å². The molecule has 4 aromatic rings. The zero-order valence-corrected chi connectivity index (χ0v) is 30.0. The molecule has 13 heteroatoms. The number of ether oxygens (including phenoxy) is 4. The van der Waals surface area contributed by atoms with Crippen molar-refractivity contribution in [2.24, 2.45) is 5.92 Å². The van der Waals surface area contributed by atoms with Crippen LogP contribution in [-0.2, 0) is 17.7 Å². The van der Waals surface area contributed by atoms with Crippen LogP contribution < -0.4 is 23.8 Å². The molecular formula is C38H39Cl2N3O8. The van der Waals surface area contributed by atoms with Crippen molar-refractivity contribution < 1.29 is 38.4 Å². The van der Waals surface area contributed by atoms with E-state index in [4.69, 9.17) is 42.1 Å². The number of anilines is 1. The predicted molar refractivity (Wildman–Crippen MR) is 193 cm³/mol. The number of benzene rings is 3. The second kappa shape index (κ2) is 15.7. The van der Waals surface area contributed by atoms with Gasteiger partial charge < -0.3 is 29.3 Å². The zero-order chi connectivity index (χ0) is 36.2. The summed E-state index contributed by atoms with van der Waals surface area (Å²) in [6.07, 6.45) is 3.79. The minimum absolute atomic E-state index is 0.0448. The molecule has 3 aromatic carbocycles. The van der Waals surface area contributed by atoms with Crippen LogP contribution in [0.3, 0.4) is 0 Å². The number of hydrogen-bond donors (Lipinski definition) is 1. The van der Waals surface area contributed by atoms with Crippen LogP contribution in [0.4, 0.5) is 10.5 Å². The van der Waals surface area contributed by atoms with Crippen LogP contribution in [0, 0.1) is 11.1 Å². The number of aromatic carboxylic acids is 1. The lowest BCUT2D eigenvalue weighted by molar-refractivity contribution is -0.605. The molecule has 51 heavy (non-hydrogen) atoms. The molecule has 3 fully saturated rings. The summed E-state index contributed by atoms with van der Waals surface area (Å²) in [5.74, 6) is 0.0248. The number of carbonyl (C=O) groups is 2. The Bertz CT molecular complexity index is 1890. The molecule has 268 valence electrons. The van der Waals surface area contributed by atoms with Gasteiger partial charge in [-0.3, -0.25) is 9.80 Å². The van der Waals surface area contributed by atoms with Gasteiger partial charge in [0.15, 0.2) is 23.9 Å². The highest BCUT2D eigenvalue weighted by Crippen LogP contribution is 2.40. The van der Waals surface area contributed by atoms with Gasteiger partial charge in [-0.15, -0.1) is 0 Å². The number of carboxylic acid groups (broad SMARTS) is 1. The van der Waals surface area contributed by atoms with E-state index in [1.165, 1.54) is 32.7 Å². The minimum atomic E-state index is -1.14. The van der Waals surface area contributed by atoms with Gasteiger partial charge in [-0.1, -0.05) is 47.5 Å². The largest absolute Gasteiger partial charge is 0.619 e. The quantitative estimate of drug-likeness (QED) is 0.121. The molecule has 1 amide bonds. The van der Waals surface area contributed by atoms with Gasteiger partial charge in [0.2, 0.25) is 0 Å². The van der Waals surface area contributed by atoms with E-state index in [1.54, 1.807) is 60.5 Å². The molecule has 3 saturated heterocycles. The van der Waals surface area contributed by atoms with Crippen molar-refractivity contribution in [3.05, 3.63) is 116 Å². The first-order valence-electron chi connectivity index (χ1n) is 16.6. The van der Waals surface area contributed by atoms with Crippen LogP contribution >= 0.6 is 23.2 Å². The average Bonchev–Trinajstić information content (AvgIpc) is 3.13. The number of carboxylic acids is 1. The summed E-state index contributed by atoms with van der Waals surface area (Å²) in [6, 6.07) is 17.5. The van der Waals surface area contributed by atoms with E-state index in [-0.39, 0.29) is 34.7 Å². The van der Waals surface area contributed by atoms with Crippen molar-refractivity contribution in [1.29, 1.82) is 0 Å². The first kappa shape index (κ1) is 36.1. The average molecular weight is 737 g/mol. The Balaban J connectivity index is 1.43. The summed E-state index contributed by atoms with van der Waals surface area (Å²) in [5.41, 5.74) is 2.85. The topological polar surface area (TPSA) is 125 Å². The first-order chi connectivity index (χ1) is 24.6. The molecule has 0 saturated carbocycles. The molecule has 11 nitrogen and oxygen atoms in total. The smallest absolute Gasteiger partial charge is 0.414 e. The van der Waals surface area contributed by atoms with E-state index in [9.17, 15) is 19.9 Å². The number of piperidine rings is 3. The molecule has 4 heterocycles. The van der Waals surface area contributed by atoms with Crippen molar-refractivity contribution in [2.45, 2.75) is 37.8 Å². The Morgan fingerprint density at radius 1 is 0.961 bits per heavy atom. The van der Waals surface area contributed by atoms with Crippen molar-refractivity contribution in [1.82, 2.24) is 4.90 Å². The predicted octanol–water partition coefficient (Wildman–Crippen LogP) is 6.96. The number of amides is 1. The summed E-state index contributed by atoms with van der Waals surface area (Å²) in [7, 11) is 4.60. The third-order valence-electron chi connectivity index (χ3n) is 9.77. The minimum Gasteiger partial charge on any atom is -0.619 e. The van der Waals surface area contributed by atoms with E-state index in [2.05, 4.69) is 4.90 Å². The van der Waals surface area contributed by atoms with Crippen molar-refractivity contribution in [3.63, 3.8) is 0 Å². The molecule has 0 unspecified atom stereocenters. The molecule has 1 aromatic heterocycles. The lowest BCUT2D eigenvalue weighted by atomic mass is 9.82. The van der Waals surface area contributed by atoms with Gasteiger partial charge in [-0.2, -0.15) is 4.73 Å². The normalized spacial score (nSPS) is 18.5. The van der Waals surface area contributed by atoms with Gasteiger partial charge in [-0.25, -0.2) is 9.59 Å². The molecule has 7 rings (SSSR count). The van der Waals surface area contributed by atoms with Crippen LogP contribution in [0.5, 0.6) is 17.2 Å². The van der Waals surface area contributed by atoms with Crippen LogP contribution in [0.1, 0.15) is 51.4 Å². The molecule has 3 aliphatic heterocycles. The van der Waals surface area contributed by atoms with E-state index in [0.717, 1.165) is 25.9 Å². The van der Waals surface area contributed by atoms with Gasteiger partial charge in [0.1, 0.15) is 21.9 Å². The molecule has 0 aliphatic carbocycles. The summed E-state index contributed by atoms with van der Waals surface area (Å²) < 4.78 is 23.2. The van der Waals surface area contributed by atoms with Crippen LogP contribution in [0.2, 0.25) is 10.0 Å². The Morgan fingerprint density at radius 3 is 2.31 bits per heavy atom. The number of aromatic nitrogens is 1. The maximum atomic E-state index is 14.0.